The highest BCUT2D eigenvalue weighted by molar-refractivity contribution is 7.87. The highest BCUT2D eigenvalue weighted by Gasteiger charge is 2.50. The molecule has 27 nitrogen and oxygen atoms in total. The van der Waals surface area contributed by atoms with E-state index in [0.29, 0.717) is 25.3 Å². The molecular weight excluding hydrogens is 1230 g/mol. The molecule has 0 aromatic heterocycles. The van der Waals surface area contributed by atoms with Crippen LogP contribution in [-0.4, -0.2) is 175 Å². The summed E-state index contributed by atoms with van der Waals surface area (Å²) in [5, 5.41) is 11.9. The maximum absolute atomic E-state index is 14.8. The maximum atomic E-state index is 14.8. The fourth-order valence-electron chi connectivity index (χ4n) is 11.2. The summed E-state index contributed by atoms with van der Waals surface area (Å²) in [6.45, 7) is 9.21. The Balaban J connectivity index is 1.27. The number of carbonyl (C=O) groups excluding carboxylic acids is 3. The number of Topliss-reactive ketones (excluding diaryl/α,β-unsaturated/α-hetero) is 1. The summed E-state index contributed by atoms with van der Waals surface area (Å²) in [6, 6.07) is 7.73. The van der Waals surface area contributed by atoms with Crippen molar-refractivity contribution >= 4 is 107 Å². The van der Waals surface area contributed by atoms with E-state index in [9.17, 15) is 84.3 Å². The number of amides is 1. The fraction of sp³-hybridized carbons (Fsp3) is 0.407. The molecule has 32 heteroatoms. The molecule has 1 N–H and O–H groups in total. The van der Waals surface area contributed by atoms with Crippen LogP contribution in [0.25, 0.3) is 21.5 Å². The summed E-state index contributed by atoms with van der Waals surface area (Å²) in [7, 11) is -25.3. The normalized spacial score (nSPS) is 19.2. The van der Waals surface area contributed by atoms with E-state index in [1.165, 1.54) is 55.4 Å². The van der Waals surface area contributed by atoms with Crippen LogP contribution in [0.4, 0.5) is 11.4 Å². The van der Waals surface area contributed by atoms with E-state index in [1.54, 1.807) is 18.4 Å². The zero-order valence-corrected chi connectivity index (χ0v) is 50.6. The average Bonchev–Trinajstić information content (AvgIpc) is 1.58. The smallest absolute Gasteiger partial charge is 0.333 e. The van der Waals surface area contributed by atoms with Gasteiger partial charge in [0.05, 0.1) is 105 Å². The van der Waals surface area contributed by atoms with Crippen LogP contribution in [0, 0.1) is 0 Å². The van der Waals surface area contributed by atoms with Gasteiger partial charge < -0.3 is 56.6 Å². The zero-order chi connectivity index (χ0) is 63.3. The Morgan fingerprint density at radius 1 is 0.698 bits per heavy atom. The molecule has 0 spiro atoms. The van der Waals surface area contributed by atoms with Gasteiger partial charge in [-0.15, -0.1) is 5.06 Å². The predicted octanol–water partition coefficient (Wildman–Crippen LogP) is 3.36. The lowest BCUT2D eigenvalue weighted by Crippen LogP contribution is -2.34. The number of hydrogen-bond donors (Lipinski definition) is 1. The number of anilines is 1. The van der Waals surface area contributed by atoms with E-state index in [0.717, 1.165) is 17.2 Å². The molecule has 1 fully saturated rings. The number of benzene rings is 4. The first-order chi connectivity index (χ1) is 40.0. The molecule has 0 saturated carbocycles. The zero-order valence-electron chi connectivity index (χ0n) is 46.5. The number of ketones is 1. The van der Waals surface area contributed by atoms with Gasteiger partial charge in [0, 0.05) is 72.1 Å². The standard InChI is InChI=1S/C54H61N3O24S5/c1-32-9-14-47(58)57(32)81-48(59)8-6-16-55-41-12-10-35-37(26-33(83(65,66)67)28-43(35)85(71,72)73)49(41)53(2,3)45(55)30-39-51(60)40(52(39)61)31-46-54(4,15-7-25-82(62,63)64)50-38-27-34(84(68,69)70)29-44(86(74,75)76)36(38)11-13-42(50)56(46)17-18-78-21-22-80-24-23-79-20-19-77-5/h10-13,26-31H,1,6-9,14-25H2,2-5H3,(H5-,60,61,62,63,64,65,66,67,68,69,70,71,72,73,74,75,76)/p-4. The van der Waals surface area contributed by atoms with Crippen molar-refractivity contribution in [2.24, 2.45) is 0 Å². The summed E-state index contributed by atoms with van der Waals surface area (Å²) >= 11 is 0. The SMILES string of the molecule is C=C1CCC(=O)N1OC(=O)CCC[N+]1=C(C=C2C(=O)C(C=C3N(CCOCCOCCOCCOC)c4ccc5c(S(=O)(=O)[O-])cc(S(=O)(=O)[O-])cc5c4C3(C)CCCS(=O)(=O)[O-])=C2O)C(C)(C)c2c1ccc1c(S(=O)(=O)[O-])cc(S(=O)(=O)[O-])cc21. The van der Waals surface area contributed by atoms with Gasteiger partial charge in [-0.25, -0.2) is 46.9 Å². The molecule has 1 saturated heterocycles. The Kier molecular flexibility index (Phi) is 18.8. The van der Waals surface area contributed by atoms with Crippen LogP contribution in [-0.2, 0) is 99.6 Å². The number of allylic oxidation sites excluding steroid dienone is 6. The van der Waals surface area contributed by atoms with Crippen molar-refractivity contribution in [3.63, 3.8) is 0 Å². The molecule has 466 valence electrons. The van der Waals surface area contributed by atoms with E-state index in [-0.39, 0.29) is 145 Å². The van der Waals surface area contributed by atoms with E-state index in [4.69, 9.17) is 23.8 Å². The van der Waals surface area contributed by atoms with Crippen molar-refractivity contribution in [1.82, 2.24) is 5.06 Å². The van der Waals surface area contributed by atoms with Gasteiger partial charge in [0.2, 0.25) is 11.5 Å². The first kappa shape index (κ1) is 65.6. The molecule has 3 aliphatic heterocycles. The summed E-state index contributed by atoms with van der Waals surface area (Å²) in [6.07, 6.45) is 1.66. The van der Waals surface area contributed by atoms with Gasteiger partial charge in [-0.2, -0.15) is 4.58 Å². The second kappa shape index (κ2) is 24.7. The molecule has 4 aliphatic rings. The number of ether oxygens (including phenoxy) is 4. The van der Waals surface area contributed by atoms with Crippen LogP contribution in [0.5, 0.6) is 0 Å². The van der Waals surface area contributed by atoms with Crippen molar-refractivity contribution in [1.29, 1.82) is 0 Å². The molecule has 3 heterocycles. The van der Waals surface area contributed by atoms with Crippen LogP contribution in [0.1, 0.15) is 70.4 Å². The molecule has 1 atom stereocenters. The van der Waals surface area contributed by atoms with E-state index in [2.05, 4.69) is 6.58 Å². The second-order valence-electron chi connectivity index (χ2n) is 21.1. The lowest BCUT2D eigenvalue weighted by atomic mass is 9.74. The topological polar surface area (TPSA) is 413 Å². The minimum absolute atomic E-state index is 0.0185. The molecule has 1 unspecified atom stereocenters. The summed E-state index contributed by atoms with van der Waals surface area (Å²) in [4.78, 5) is 42.8. The lowest BCUT2D eigenvalue weighted by molar-refractivity contribution is -0.438. The molecule has 8 rings (SSSR count). The molecule has 0 radical (unpaired) electrons. The molecule has 4 aromatic rings. The van der Waals surface area contributed by atoms with Gasteiger partial charge in [-0.1, -0.05) is 12.6 Å². The molecule has 4 aromatic carbocycles. The Bertz CT molecular complexity index is 4230. The molecule has 0 bridgehead atoms. The van der Waals surface area contributed by atoms with Crippen molar-refractivity contribution in [3.8, 4) is 0 Å². The Morgan fingerprint density at radius 3 is 1.76 bits per heavy atom. The van der Waals surface area contributed by atoms with Gasteiger partial charge in [0.15, 0.2) is 5.71 Å². The number of fused-ring (bicyclic) bond motifs is 6. The number of methoxy groups -OCH3 is 1. The van der Waals surface area contributed by atoms with Crippen molar-refractivity contribution < 1.29 is 113 Å². The third-order valence-corrected chi connectivity index (χ3v) is 19.3. The van der Waals surface area contributed by atoms with E-state index in [1.807, 2.05) is 0 Å². The molecule has 86 heavy (non-hydrogen) atoms. The van der Waals surface area contributed by atoms with Gasteiger partial charge in [-0.3, -0.25) is 9.59 Å². The van der Waals surface area contributed by atoms with Crippen molar-refractivity contribution in [3.05, 3.63) is 107 Å². The third kappa shape index (κ3) is 13.5. The quantitative estimate of drug-likeness (QED) is 0.0387. The number of rotatable bonds is 27. The summed E-state index contributed by atoms with van der Waals surface area (Å²) in [5.74, 6) is -3.84. The largest absolute Gasteiger partial charge is 0.748 e. The summed E-state index contributed by atoms with van der Waals surface area (Å²) < 4.78 is 211. The molecule has 1 amide bonds. The minimum Gasteiger partial charge on any atom is -0.748 e. The van der Waals surface area contributed by atoms with E-state index >= 15 is 0 Å². The van der Waals surface area contributed by atoms with Crippen molar-refractivity contribution in [2.75, 3.05) is 77.1 Å². The monoisotopic (exact) mass is 1290 g/mol. The number of nitrogens with zero attached hydrogens (tertiary/aromatic N) is 3. The minimum atomic E-state index is -5.54. The summed E-state index contributed by atoms with van der Waals surface area (Å²) in [5.41, 5.74) is -2.97. The van der Waals surface area contributed by atoms with Crippen LogP contribution in [0.15, 0.2) is 115 Å². The number of hydroxylamine groups is 2. The Morgan fingerprint density at radius 2 is 1.24 bits per heavy atom. The Labute approximate surface area is 495 Å². The number of aliphatic hydroxyl groups excluding tert-OH is 1. The maximum Gasteiger partial charge on any atom is 0.333 e. The molecule has 1 aliphatic carbocycles. The fourth-order valence-corrected chi connectivity index (χ4v) is 14.3. The highest BCUT2D eigenvalue weighted by atomic mass is 32.2. The van der Waals surface area contributed by atoms with Crippen molar-refractivity contribution in [2.45, 2.75) is 89.7 Å². The first-order valence-electron chi connectivity index (χ1n) is 26.3. The van der Waals surface area contributed by atoms with Gasteiger partial charge >= 0.3 is 5.97 Å². The average molecular weight is 1290 g/mol. The van der Waals surface area contributed by atoms with E-state index < -0.39 is 122 Å². The third-order valence-electron chi connectivity index (χ3n) is 15.1. The number of carbonyl (C=O) groups is 3. The van der Waals surface area contributed by atoms with Crippen LogP contribution >= 0.6 is 0 Å². The lowest BCUT2D eigenvalue weighted by Gasteiger charge is -2.32. The predicted molar refractivity (Wildman–Crippen MR) is 297 cm³/mol. The first-order valence-corrected chi connectivity index (χ1v) is 33.5. The van der Waals surface area contributed by atoms with Crippen LogP contribution in [0.3, 0.4) is 0 Å². The molecular formula is C54H57N3O24S5-4. The van der Waals surface area contributed by atoms with Crippen LogP contribution in [0.2, 0.25) is 0 Å². The van der Waals surface area contributed by atoms with Gasteiger partial charge in [0.1, 0.15) is 52.8 Å². The highest BCUT2D eigenvalue weighted by Crippen LogP contribution is 2.55. The van der Waals surface area contributed by atoms with Crippen LogP contribution < -0.4 is 4.90 Å². The Hall–Kier alpha value is -6.37. The van der Waals surface area contributed by atoms with Gasteiger partial charge in [-0.05, 0) is 104 Å². The second-order valence-corrected chi connectivity index (χ2v) is 28.1. The van der Waals surface area contributed by atoms with Gasteiger partial charge in [0.25, 0.3) is 5.91 Å². The number of aliphatic hydroxyl groups is 1. The number of hydrogen-bond acceptors (Lipinski definition) is 25.